The zero-order chi connectivity index (χ0) is 13.0. The Hall–Kier alpha value is -0.940. The molecule has 1 unspecified atom stereocenters. The second-order valence-electron chi connectivity index (χ2n) is 4.23. The quantitative estimate of drug-likeness (QED) is 0.649. The number of nitrogens with two attached hydrogens (primary N) is 1. The molecule has 1 aromatic rings. The summed E-state index contributed by atoms with van der Waals surface area (Å²) in [6.45, 7) is 2.47. The molecule has 0 radical (unpaired) electrons. The molecule has 0 fully saturated rings. The predicted molar refractivity (Wildman–Crippen MR) is 71.6 cm³/mol. The van der Waals surface area contributed by atoms with Gasteiger partial charge in [-0.2, -0.15) is 0 Å². The molecule has 0 saturated carbocycles. The average molecular weight is 302 g/mol. The zero-order valence-electron chi connectivity index (χ0n) is 10.0. The van der Waals surface area contributed by atoms with Gasteiger partial charge in [0.25, 0.3) is 0 Å². The number of hydrogen-bond donors (Lipinski definition) is 2. The summed E-state index contributed by atoms with van der Waals surface area (Å²) in [4.78, 5) is 1.98. The van der Waals surface area contributed by atoms with Crippen LogP contribution in [0.3, 0.4) is 0 Å². The van der Waals surface area contributed by atoms with Gasteiger partial charge >= 0.3 is 0 Å². The van der Waals surface area contributed by atoms with Gasteiger partial charge in [0.05, 0.1) is 5.84 Å². The Morgan fingerprint density at radius 2 is 2.24 bits per heavy atom. The molecule has 0 bridgehead atoms. The van der Waals surface area contributed by atoms with Crippen LogP contribution in [-0.4, -0.2) is 23.8 Å². The summed E-state index contributed by atoms with van der Waals surface area (Å²) in [5.41, 5.74) is 5.99. The van der Waals surface area contributed by atoms with Crippen molar-refractivity contribution in [3.63, 3.8) is 0 Å². The summed E-state index contributed by atoms with van der Waals surface area (Å²) in [7, 11) is 1.90. The Bertz CT molecular complexity index is 409. The molecule has 0 aliphatic carbocycles. The van der Waals surface area contributed by atoms with E-state index < -0.39 is 0 Å². The highest BCUT2D eigenvalue weighted by Gasteiger charge is 2.13. The average Bonchev–Trinajstić information content (AvgIpc) is 2.22. The lowest BCUT2D eigenvalue weighted by atomic mass is 10.1. The lowest BCUT2D eigenvalue weighted by Gasteiger charge is -2.24. The van der Waals surface area contributed by atoms with Crippen LogP contribution in [0, 0.1) is 11.2 Å². The molecule has 0 aliphatic rings. The maximum atomic E-state index is 13.5. The van der Waals surface area contributed by atoms with Crippen LogP contribution in [0.1, 0.15) is 18.9 Å². The first-order chi connectivity index (χ1) is 7.90. The van der Waals surface area contributed by atoms with Gasteiger partial charge in [-0.3, -0.25) is 10.3 Å². The third-order valence-electron chi connectivity index (χ3n) is 2.70. The normalized spacial score (nSPS) is 12.8. The smallest absolute Gasteiger partial charge is 0.127 e. The van der Waals surface area contributed by atoms with Crippen LogP contribution >= 0.6 is 15.9 Å². The van der Waals surface area contributed by atoms with Crippen molar-refractivity contribution in [2.75, 3.05) is 7.05 Å². The van der Waals surface area contributed by atoms with Crippen molar-refractivity contribution in [1.29, 1.82) is 5.41 Å². The van der Waals surface area contributed by atoms with Gasteiger partial charge in [0.15, 0.2) is 0 Å². The Kier molecular flexibility index (Phi) is 5.08. The molecule has 1 rings (SSSR count). The lowest BCUT2D eigenvalue weighted by molar-refractivity contribution is 0.251. The molecular weight excluding hydrogens is 285 g/mol. The minimum atomic E-state index is -0.213. The molecule has 1 aromatic carbocycles. The molecule has 5 heteroatoms. The minimum absolute atomic E-state index is 0.117. The largest absolute Gasteiger partial charge is 0.388 e. The Morgan fingerprint density at radius 3 is 2.82 bits per heavy atom. The molecule has 0 heterocycles. The van der Waals surface area contributed by atoms with Crippen LogP contribution in [0.4, 0.5) is 4.39 Å². The van der Waals surface area contributed by atoms with Crippen molar-refractivity contribution < 1.29 is 4.39 Å². The van der Waals surface area contributed by atoms with E-state index in [-0.39, 0.29) is 17.7 Å². The monoisotopic (exact) mass is 301 g/mol. The maximum Gasteiger partial charge on any atom is 0.127 e. The molecule has 3 N–H and O–H groups in total. The molecule has 3 nitrogen and oxygen atoms in total. The van der Waals surface area contributed by atoms with Crippen molar-refractivity contribution in [2.45, 2.75) is 25.9 Å². The van der Waals surface area contributed by atoms with E-state index in [4.69, 9.17) is 11.1 Å². The molecule has 0 amide bonds. The number of amidine groups is 1. The SMILES string of the molecule is CC(CC(=N)N)N(C)Cc1cc(Br)ccc1F. The second-order valence-corrected chi connectivity index (χ2v) is 5.14. The highest BCUT2D eigenvalue weighted by Crippen LogP contribution is 2.18. The van der Waals surface area contributed by atoms with E-state index in [1.807, 2.05) is 18.9 Å². The topological polar surface area (TPSA) is 53.1 Å². The highest BCUT2D eigenvalue weighted by molar-refractivity contribution is 9.10. The van der Waals surface area contributed by atoms with Gasteiger partial charge in [0.2, 0.25) is 0 Å². The molecule has 1 atom stereocenters. The van der Waals surface area contributed by atoms with E-state index in [1.54, 1.807) is 12.1 Å². The number of benzene rings is 1. The first-order valence-corrected chi connectivity index (χ1v) is 6.16. The van der Waals surface area contributed by atoms with Crippen LogP contribution in [0.25, 0.3) is 0 Å². The van der Waals surface area contributed by atoms with Gasteiger partial charge < -0.3 is 5.73 Å². The van der Waals surface area contributed by atoms with Gasteiger partial charge in [-0.05, 0) is 32.2 Å². The number of hydrogen-bond acceptors (Lipinski definition) is 2. The Labute approximate surface area is 109 Å². The van der Waals surface area contributed by atoms with E-state index in [9.17, 15) is 4.39 Å². The van der Waals surface area contributed by atoms with Crippen molar-refractivity contribution in [3.8, 4) is 0 Å². The summed E-state index contributed by atoms with van der Waals surface area (Å²) in [6, 6.07) is 5.01. The van der Waals surface area contributed by atoms with Gasteiger partial charge in [0.1, 0.15) is 5.82 Å². The first kappa shape index (κ1) is 14.1. The van der Waals surface area contributed by atoms with Gasteiger partial charge in [-0.25, -0.2) is 4.39 Å². The van der Waals surface area contributed by atoms with Gasteiger partial charge in [-0.15, -0.1) is 0 Å². The standard InChI is InChI=1S/C12H17BrFN3/c1-8(5-12(15)16)17(2)7-9-6-10(13)3-4-11(9)14/h3-4,6,8H,5,7H2,1-2H3,(H3,15,16). The summed E-state index contributed by atoms with van der Waals surface area (Å²) in [5.74, 6) is -0.0610. The lowest BCUT2D eigenvalue weighted by Crippen LogP contribution is -2.32. The van der Waals surface area contributed by atoms with Crippen LogP contribution in [0.15, 0.2) is 22.7 Å². The summed E-state index contributed by atoms with van der Waals surface area (Å²) >= 11 is 3.32. The fourth-order valence-electron chi connectivity index (χ4n) is 1.56. The van der Waals surface area contributed by atoms with Crippen LogP contribution < -0.4 is 5.73 Å². The summed E-state index contributed by atoms with van der Waals surface area (Å²) in [5, 5.41) is 7.24. The number of halogens is 2. The van der Waals surface area contributed by atoms with E-state index in [1.165, 1.54) is 6.07 Å². The van der Waals surface area contributed by atoms with E-state index in [0.717, 1.165) is 4.47 Å². The van der Waals surface area contributed by atoms with Crippen molar-refractivity contribution in [3.05, 3.63) is 34.1 Å². The summed E-state index contributed by atoms with van der Waals surface area (Å²) in [6.07, 6.45) is 0.492. The van der Waals surface area contributed by atoms with E-state index in [2.05, 4.69) is 15.9 Å². The molecule has 17 heavy (non-hydrogen) atoms. The van der Waals surface area contributed by atoms with Crippen molar-refractivity contribution >= 4 is 21.8 Å². The molecule has 0 spiro atoms. The fraction of sp³-hybridized carbons (Fsp3) is 0.417. The Balaban J connectivity index is 2.70. The van der Waals surface area contributed by atoms with E-state index >= 15 is 0 Å². The van der Waals surface area contributed by atoms with Crippen molar-refractivity contribution in [2.24, 2.45) is 5.73 Å². The molecule has 0 aromatic heterocycles. The molecule has 0 saturated heterocycles. The summed E-state index contributed by atoms with van der Waals surface area (Å²) < 4.78 is 14.4. The van der Waals surface area contributed by atoms with Crippen LogP contribution in [0.2, 0.25) is 0 Å². The molecular formula is C12H17BrFN3. The predicted octanol–water partition coefficient (Wildman–Crippen LogP) is 2.73. The van der Waals surface area contributed by atoms with Gasteiger partial charge in [0, 0.05) is 29.0 Å². The third-order valence-corrected chi connectivity index (χ3v) is 3.19. The van der Waals surface area contributed by atoms with E-state index in [0.29, 0.717) is 18.5 Å². The number of nitrogens with zero attached hydrogens (tertiary/aromatic N) is 1. The molecule has 94 valence electrons. The van der Waals surface area contributed by atoms with Crippen LogP contribution in [-0.2, 0) is 6.54 Å². The maximum absolute atomic E-state index is 13.5. The third kappa shape index (κ3) is 4.44. The first-order valence-electron chi connectivity index (χ1n) is 5.37. The van der Waals surface area contributed by atoms with Crippen molar-refractivity contribution in [1.82, 2.24) is 4.90 Å². The zero-order valence-corrected chi connectivity index (χ0v) is 11.6. The number of nitrogens with one attached hydrogen (secondary N) is 1. The Morgan fingerprint density at radius 1 is 1.59 bits per heavy atom. The highest BCUT2D eigenvalue weighted by atomic mass is 79.9. The number of rotatable bonds is 5. The second kappa shape index (κ2) is 6.12. The van der Waals surface area contributed by atoms with Crippen LogP contribution in [0.5, 0.6) is 0 Å². The fourth-order valence-corrected chi connectivity index (χ4v) is 1.97. The molecule has 0 aliphatic heterocycles. The van der Waals surface area contributed by atoms with Gasteiger partial charge in [-0.1, -0.05) is 15.9 Å². The minimum Gasteiger partial charge on any atom is -0.388 e.